The van der Waals surface area contributed by atoms with Crippen LogP contribution in [0.2, 0.25) is 0 Å². The second-order valence-corrected chi connectivity index (χ2v) is 5.36. The molecule has 0 saturated heterocycles. The number of halogens is 1. The van der Waals surface area contributed by atoms with Crippen molar-refractivity contribution < 1.29 is 13.9 Å². The molecule has 0 saturated carbocycles. The van der Waals surface area contributed by atoms with Gasteiger partial charge in [-0.15, -0.1) is 0 Å². The third-order valence-electron chi connectivity index (χ3n) is 3.37. The number of benzene rings is 2. The van der Waals surface area contributed by atoms with Gasteiger partial charge in [0, 0.05) is 18.8 Å². The molecular weight excluding hydrogens is 295 g/mol. The van der Waals surface area contributed by atoms with Gasteiger partial charge in [-0.2, -0.15) is 0 Å². The summed E-state index contributed by atoms with van der Waals surface area (Å²) in [5.41, 5.74) is 1.41. The van der Waals surface area contributed by atoms with E-state index in [-0.39, 0.29) is 17.8 Å². The minimum absolute atomic E-state index is 0.00386. The molecule has 23 heavy (non-hydrogen) atoms. The third-order valence-corrected chi connectivity index (χ3v) is 3.37. The molecular formula is C18H21FN2O2. The summed E-state index contributed by atoms with van der Waals surface area (Å²) >= 11 is 0. The Labute approximate surface area is 135 Å². The Morgan fingerprint density at radius 3 is 2.39 bits per heavy atom. The first-order chi connectivity index (χ1) is 11.1. The first kappa shape index (κ1) is 17.1. The summed E-state index contributed by atoms with van der Waals surface area (Å²) in [4.78, 5) is 12.6. The van der Waals surface area contributed by atoms with E-state index in [1.165, 1.54) is 24.3 Å². The van der Waals surface area contributed by atoms with Crippen molar-refractivity contribution in [2.75, 3.05) is 19.0 Å². The minimum atomic E-state index is -0.522. The molecule has 0 bridgehead atoms. The molecule has 0 aliphatic carbocycles. The number of methoxy groups -OCH3 is 1. The predicted octanol–water partition coefficient (Wildman–Crippen LogP) is 3.13. The fraction of sp³-hybridized carbons (Fsp3) is 0.278. The number of nitrogens with one attached hydrogen (secondary N) is 2. The summed E-state index contributed by atoms with van der Waals surface area (Å²) in [6, 6.07) is 14.6. The van der Waals surface area contributed by atoms with Gasteiger partial charge in [-0.1, -0.05) is 30.3 Å². The molecule has 1 amide bonds. The van der Waals surface area contributed by atoms with E-state index in [1.54, 1.807) is 7.11 Å². The number of rotatable bonds is 7. The standard InChI is InChI=1S/C18H21FN2O2/c1-13(12-23-2)20-17(14-6-4-3-5-7-14)18(22)21-16-10-8-15(19)9-11-16/h3-11,13,17,20H,12H2,1-2H3,(H,21,22)/t13-,17+/m0/s1. The van der Waals surface area contributed by atoms with Crippen molar-refractivity contribution >= 4 is 11.6 Å². The Kier molecular flexibility index (Phi) is 6.26. The molecule has 2 atom stereocenters. The second-order valence-electron chi connectivity index (χ2n) is 5.36. The summed E-state index contributed by atoms with van der Waals surface area (Å²) < 4.78 is 18.1. The van der Waals surface area contributed by atoms with E-state index >= 15 is 0 Å². The zero-order chi connectivity index (χ0) is 16.7. The molecule has 4 nitrogen and oxygen atoms in total. The number of hydrogen-bond acceptors (Lipinski definition) is 3. The maximum Gasteiger partial charge on any atom is 0.246 e. The van der Waals surface area contributed by atoms with Gasteiger partial charge in [-0.3, -0.25) is 10.1 Å². The first-order valence-corrected chi connectivity index (χ1v) is 7.46. The molecule has 2 aromatic carbocycles. The highest BCUT2D eigenvalue weighted by molar-refractivity contribution is 5.95. The molecule has 0 unspecified atom stereocenters. The van der Waals surface area contributed by atoms with Crippen molar-refractivity contribution in [3.63, 3.8) is 0 Å². The van der Waals surface area contributed by atoms with Crippen molar-refractivity contribution in [3.05, 3.63) is 66.0 Å². The van der Waals surface area contributed by atoms with Crippen LogP contribution in [0.4, 0.5) is 10.1 Å². The average Bonchev–Trinajstić information content (AvgIpc) is 2.56. The lowest BCUT2D eigenvalue weighted by atomic mass is 10.0. The van der Waals surface area contributed by atoms with Gasteiger partial charge in [0.2, 0.25) is 5.91 Å². The lowest BCUT2D eigenvalue weighted by Crippen LogP contribution is -2.40. The van der Waals surface area contributed by atoms with Crippen molar-refractivity contribution in [3.8, 4) is 0 Å². The molecule has 2 N–H and O–H groups in total. The number of carbonyl (C=O) groups is 1. The molecule has 0 fully saturated rings. The number of hydrogen-bond donors (Lipinski definition) is 2. The Morgan fingerprint density at radius 1 is 1.13 bits per heavy atom. The number of carbonyl (C=O) groups excluding carboxylic acids is 1. The van der Waals surface area contributed by atoms with E-state index in [0.29, 0.717) is 12.3 Å². The maximum atomic E-state index is 13.0. The molecule has 122 valence electrons. The van der Waals surface area contributed by atoms with Gasteiger partial charge in [0.1, 0.15) is 11.9 Å². The molecule has 2 aromatic rings. The van der Waals surface area contributed by atoms with Crippen molar-refractivity contribution in [1.29, 1.82) is 0 Å². The number of amides is 1. The zero-order valence-electron chi connectivity index (χ0n) is 13.3. The van der Waals surface area contributed by atoms with Gasteiger partial charge in [0.05, 0.1) is 6.61 Å². The molecule has 5 heteroatoms. The average molecular weight is 316 g/mol. The van der Waals surface area contributed by atoms with Crippen LogP contribution in [0.25, 0.3) is 0 Å². The largest absolute Gasteiger partial charge is 0.383 e. The van der Waals surface area contributed by atoms with Crippen molar-refractivity contribution in [2.45, 2.75) is 19.0 Å². The van der Waals surface area contributed by atoms with Crippen LogP contribution in [0.3, 0.4) is 0 Å². The van der Waals surface area contributed by atoms with Crippen molar-refractivity contribution in [1.82, 2.24) is 5.32 Å². The Balaban J connectivity index is 2.15. The van der Waals surface area contributed by atoms with Crippen LogP contribution in [0.1, 0.15) is 18.5 Å². The summed E-state index contributed by atoms with van der Waals surface area (Å²) in [7, 11) is 1.62. The Bertz CT molecular complexity index is 617. The van der Waals surface area contributed by atoms with Crippen LogP contribution in [-0.2, 0) is 9.53 Å². The maximum absolute atomic E-state index is 13.0. The monoisotopic (exact) mass is 316 g/mol. The molecule has 0 radical (unpaired) electrons. The molecule has 0 aliphatic heterocycles. The Morgan fingerprint density at radius 2 is 1.78 bits per heavy atom. The van der Waals surface area contributed by atoms with Crippen LogP contribution >= 0.6 is 0 Å². The van der Waals surface area contributed by atoms with Gasteiger partial charge in [-0.25, -0.2) is 4.39 Å². The van der Waals surface area contributed by atoms with E-state index in [0.717, 1.165) is 5.56 Å². The highest BCUT2D eigenvalue weighted by Crippen LogP contribution is 2.17. The topological polar surface area (TPSA) is 50.4 Å². The minimum Gasteiger partial charge on any atom is -0.383 e. The lowest BCUT2D eigenvalue weighted by molar-refractivity contribution is -0.118. The number of ether oxygens (including phenoxy) is 1. The van der Waals surface area contributed by atoms with Gasteiger partial charge in [0.15, 0.2) is 0 Å². The Hall–Kier alpha value is -2.24. The molecule has 0 spiro atoms. The van der Waals surface area contributed by atoms with E-state index < -0.39 is 6.04 Å². The lowest BCUT2D eigenvalue weighted by Gasteiger charge is -2.23. The SMILES string of the molecule is COC[C@H](C)N[C@@H](C(=O)Nc1ccc(F)cc1)c1ccccc1. The van der Waals surface area contributed by atoms with Crippen LogP contribution in [0, 0.1) is 5.82 Å². The van der Waals surface area contributed by atoms with Crippen LogP contribution in [0.15, 0.2) is 54.6 Å². The van der Waals surface area contributed by atoms with E-state index in [2.05, 4.69) is 10.6 Å². The quantitative estimate of drug-likeness (QED) is 0.825. The molecule has 0 aliphatic rings. The summed E-state index contributed by atoms with van der Waals surface area (Å²) in [6.07, 6.45) is 0. The normalized spacial score (nSPS) is 13.3. The fourth-order valence-electron chi connectivity index (χ4n) is 2.30. The fourth-order valence-corrected chi connectivity index (χ4v) is 2.30. The van der Waals surface area contributed by atoms with Gasteiger partial charge < -0.3 is 10.1 Å². The van der Waals surface area contributed by atoms with Crippen molar-refractivity contribution in [2.24, 2.45) is 0 Å². The number of anilines is 1. The van der Waals surface area contributed by atoms with Gasteiger partial charge in [-0.05, 0) is 36.8 Å². The highest BCUT2D eigenvalue weighted by atomic mass is 19.1. The second kappa shape index (κ2) is 8.41. The predicted molar refractivity (Wildman–Crippen MR) is 88.7 cm³/mol. The van der Waals surface area contributed by atoms with E-state index in [1.807, 2.05) is 37.3 Å². The molecule has 2 rings (SSSR count). The van der Waals surface area contributed by atoms with Gasteiger partial charge >= 0.3 is 0 Å². The molecule has 0 heterocycles. The molecule has 0 aromatic heterocycles. The summed E-state index contributed by atoms with van der Waals surface area (Å²) in [5.74, 6) is -0.541. The summed E-state index contributed by atoms with van der Waals surface area (Å²) in [5, 5.41) is 6.06. The van der Waals surface area contributed by atoms with E-state index in [4.69, 9.17) is 4.74 Å². The first-order valence-electron chi connectivity index (χ1n) is 7.46. The van der Waals surface area contributed by atoms with Crippen LogP contribution in [0.5, 0.6) is 0 Å². The van der Waals surface area contributed by atoms with Crippen LogP contribution < -0.4 is 10.6 Å². The van der Waals surface area contributed by atoms with E-state index in [9.17, 15) is 9.18 Å². The highest BCUT2D eigenvalue weighted by Gasteiger charge is 2.22. The van der Waals surface area contributed by atoms with Gasteiger partial charge in [0.25, 0.3) is 0 Å². The zero-order valence-corrected chi connectivity index (χ0v) is 13.3. The third kappa shape index (κ3) is 5.16. The smallest absolute Gasteiger partial charge is 0.246 e. The summed E-state index contributed by atoms with van der Waals surface area (Å²) in [6.45, 7) is 2.44. The van der Waals surface area contributed by atoms with Crippen LogP contribution in [-0.4, -0.2) is 25.7 Å².